The van der Waals surface area contributed by atoms with E-state index >= 15 is 0 Å². The second kappa shape index (κ2) is 7.96. The maximum Gasteiger partial charge on any atom is 0.222 e. The van der Waals surface area contributed by atoms with Crippen molar-refractivity contribution >= 4 is 5.91 Å². The molecular weight excluding hydrogens is 254 g/mol. The van der Waals surface area contributed by atoms with E-state index in [1.54, 1.807) is 0 Å². The van der Waals surface area contributed by atoms with Gasteiger partial charge in [0.2, 0.25) is 5.91 Å². The zero-order valence-corrected chi connectivity index (χ0v) is 13.4. The van der Waals surface area contributed by atoms with Crippen molar-refractivity contribution in [2.75, 3.05) is 33.4 Å². The molecule has 0 aromatic carbocycles. The number of carbonyl (C=O) groups excluding carboxylic acids is 1. The van der Waals surface area contributed by atoms with Gasteiger partial charge in [-0.1, -0.05) is 0 Å². The van der Waals surface area contributed by atoms with E-state index in [0.29, 0.717) is 18.9 Å². The van der Waals surface area contributed by atoms with Crippen LogP contribution in [-0.4, -0.2) is 55.7 Å². The Labute approximate surface area is 123 Å². The number of rotatable bonds is 6. The predicted octanol–water partition coefficient (Wildman–Crippen LogP) is 0.977. The highest BCUT2D eigenvalue weighted by atomic mass is 16.5. The Bertz CT molecular complexity index is 296. The smallest absolute Gasteiger partial charge is 0.222 e. The topological polar surface area (TPSA) is 67.6 Å². The summed E-state index contributed by atoms with van der Waals surface area (Å²) in [4.78, 5) is 14.2. The maximum absolute atomic E-state index is 12.0. The number of carbonyl (C=O) groups is 1. The summed E-state index contributed by atoms with van der Waals surface area (Å²) >= 11 is 0. The quantitative estimate of drug-likeness (QED) is 0.763. The molecular formula is C15H31N3O2. The molecule has 1 heterocycles. The fourth-order valence-corrected chi connectivity index (χ4v) is 2.59. The highest BCUT2D eigenvalue weighted by molar-refractivity contribution is 5.77. The summed E-state index contributed by atoms with van der Waals surface area (Å²) in [6.07, 6.45) is 2.68. The normalized spacial score (nSPS) is 19.1. The van der Waals surface area contributed by atoms with E-state index in [-0.39, 0.29) is 17.5 Å². The van der Waals surface area contributed by atoms with Crippen LogP contribution in [0.15, 0.2) is 0 Å². The SMILES string of the molecule is CN(CC1CCOCC1)C(CN)CC(=O)NC(C)(C)C. The third-order valence-corrected chi connectivity index (χ3v) is 3.72. The van der Waals surface area contributed by atoms with E-state index in [4.69, 9.17) is 10.5 Å². The molecule has 0 aliphatic carbocycles. The Morgan fingerprint density at radius 3 is 2.50 bits per heavy atom. The van der Waals surface area contributed by atoms with Crippen LogP contribution in [0.2, 0.25) is 0 Å². The lowest BCUT2D eigenvalue weighted by molar-refractivity contribution is -0.123. The van der Waals surface area contributed by atoms with Gasteiger partial charge in [0, 0.05) is 44.3 Å². The lowest BCUT2D eigenvalue weighted by Crippen LogP contribution is -2.47. The summed E-state index contributed by atoms with van der Waals surface area (Å²) < 4.78 is 5.38. The second-order valence-corrected chi connectivity index (χ2v) is 6.89. The molecule has 1 amide bonds. The van der Waals surface area contributed by atoms with Gasteiger partial charge in [0.25, 0.3) is 0 Å². The van der Waals surface area contributed by atoms with E-state index in [1.165, 1.54) is 0 Å². The first-order valence-corrected chi connectivity index (χ1v) is 7.61. The van der Waals surface area contributed by atoms with Gasteiger partial charge in [-0.05, 0) is 46.6 Å². The Morgan fingerprint density at radius 2 is 2.00 bits per heavy atom. The van der Waals surface area contributed by atoms with Crippen molar-refractivity contribution in [3.63, 3.8) is 0 Å². The van der Waals surface area contributed by atoms with Crippen molar-refractivity contribution in [1.29, 1.82) is 0 Å². The number of hydrogen-bond donors (Lipinski definition) is 2. The molecule has 1 atom stereocenters. The van der Waals surface area contributed by atoms with Crippen molar-refractivity contribution in [3.8, 4) is 0 Å². The number of nitrogens with two attached hydrogens (primary N) is 1. The Kier molecular flexibility index (Phi) is 6.92. The van der Waals surface area contributed by atoms with Gasteiger partial charge in [-0.3, -0.25) is 4.79 Å². The van der Waals surface area contributed by atoms with Crippen molar-refractivity contribution in [1.82, 2.24) is 10.2 Å². The fourth-order valence-electron chi connectivity index (χ4n) is 2.59. The highest BCUT2D eigenvalue weighted by Gasteiger charge is 2.23. The maximum atomic E-state index is 12.0. The van der Waals surface area contributed by atoms with Crippen molar-refractivity contribution in [2.45, 2.75) is 51.6 Å². The zero-order valence-electron chi connectivity index (χ0n) is 13.4. The highest BCUT2D eigenvalue weighted by Crippen LogP contribution is 2.17. The van der Waals surface area contributed by atoms with Crippen LogP contribution in [0.4, 0.5) is 0 Å². The summed E-state index contributed by atoms with van der Waals surface area (Å²) in [7, 11) is 2.07. The van der Waals surface area contributed by atoms with Gasteiger partial charge < -0.3 is 20.7 Å². The van der Waals surface area contributed by atoms with Gasteiger partial charge >= 0.3 is 0 Å². The van der Waals surface area contributed by atoms with Crippen LogP contribution in [0.5, 0.6) is 0 Å². The first-order valence-electron chi connectivity index (χ1n) is 7.61. The molecule has 1 unspecified atom stereocenters. The van der Waals surface area contributed by atoms with E-state index in [2.05, 4.69) is 17.3 Å². The molecule has 1 saturated heterocycles. The lowest BCUT2D eigenvalue weighted by atomic mass is 9.98. The number of amides is 1. The average Bonchev–Trinajstić information content (AvgIpc) is 2.35. The van der Waals surface area contributed by atoms with Gasteiger partial charge in [-0.25, -0.2) is 0 Å². The van der Waals surface area contributed by atoms with E-state index in [0.717, 1.165) is 32.6 Å². The summed E-state index contributed by atoms with van der Waals surface area (Å²) in [6.45, 7) is 9.20. The third-order valence-electron chi connectivity index (χ3n) is 3.72. The minimum atomic E-state index is -0.185. The van der Waals surface area contributed by atoms with Crippen LogP contribution in [0, 0.1) is 5.92 Å². The predicted molar refractivity (Wildman–Crippen MR) is 81.5 cm³/mol. The van der Waals surface area contributed by atoms with Crippen LogP contribution < -0.4 is 11.1 Å². The molecule has 1 fully saturated rings. The molecule has 0 aromatic heterocycles. The monoisotopic (exact) mass is 285 g/mol. The van der Waals surface area contributed by atoms with Crippen LogP contribution in [0.25, 0.3) is 0 Å². The molecule has 0 bridgehead atoms. The molecule has 3 N–H and O–H groups in total. The molecule has 1 aliphatic rings. The molecule has 0 spiro atoms. The number of nitrogens with zero attached hydrogens (tertiary/aromatic N) is 1. The third kappa shape index (κ3) is 6.68. The van der Waals surface area contributed by atoms with Crippen LogP contribution in [0.1, 0.15) is 40.0 Å². The first-order chi connectivity index (χ1) is 9.31. The molecule has 5 heteroatoms. The fraction of sp³-hybridized carbons (Fsp3) is 0.933. The molecule has 0 saturated carbocycles. The second-order valence-electron chi connectivity index (χ2n) is 6.89. The van der Waals surface area contributed by atoms with Crippen LogP contribution in [-0.2, 0) is 9.53 Å². The Morgan fingerprint density at radius 1 is 1.40 bits per heavy atom. The van der Waals surface area contributed by atoms with Crippen molar-refractivity contribution < 1.29 is 9.53 Å². The zero-order chi connectivity index (χ0) is 15.2. The molecule has 0 aromatic rings. The summed E-state index contributed by atoms with van der Waals surface area (Å²) in [5.74, 6) is 0.736. The van der Waals surface area contributed by atoms with E-state index in [9.17, 15) is 4.79 Å². The van der Waals surface area contributed by atoms with Crippen LogP contribution >= 0.6 is 0 Å². The minimum Gasteiger partial charge on any atom is -0.381 e. The van der Waals surface area contributed by atoms with Crippen molar-refractivity contribution in [3.05, 3.63) is 0 Å². The standard InChI is InChI=1S/C15H31N3O2/c1-15(2,3)17-14(19)9-13(10-16)18(4)11-12-5-7-20-8-6-12/h12-13H,5-11,16H2,1-4H3,(H,17,19). The first kappa shape index (κ1) is 17.4. The molecule has 5 nitrogen and oxygen atoms in total. The number of hydrogen-bond acceptors (Lipinski definition) is 4. The molecule has 0 radical (unpaired) electrons. The Hall–Kier alpha value is -0.650. The van der Waals surface area contributed by atoms with Crippen LogP contribution in [0.3, 0.4) is 0 Å². The van der Waals surface area contributed by atoms with E-state index in [1.807, 2.05) is 20.8 Å². The minimum absolute atomic E-state index is 0.0757. The molecule has 20 heavy (non-hydrogen) atoms. The lowest BCUT2D eigenvalue weighted by Gasteiger charge is -2.32. The van der Waals surface area contributed by atoms with Gasteiger partial charge in [0.05, 0.1) is 0 Å². The van der Waals surface area contributed by atoms with Gasteiger partial charge in [0.15, 0.2) is 0 Å². The van der Waals surface area contributed by atoms with Gasteiger partial charge in [-0.2, -0.15) is 0 Å². The number of nitrogens with one attached hydrogen (secondary N) is 1. The van der Waals surface area contributed by atoms with Gasteiger partial charge in [-0.15, -0.1) is 0 Å². The molecule has 118 valence electrons. The Balaban J connectivity index is 2.41. The number of likely N-dealkylation sites (N-methyl/N-ethyl adjacent to an activating group) is 1. The van der Waals surface area contributed by atoms with Crippen molar-refractivity contribution in [2.24, 2.45) is 11.7 Å². The van der Waals surface area contributed by atoms with Gasteiger partial charge in [0.1, 0.15) is 0 Å². The number of ether oxygens (including phenoxy) is 1. The van der Waals surface area contributed by atoms with E-state index < -0.39 is 0 Å². The molecule has 1 aliphatic heterocycles. The molecule has 1 rings (SSSR count). The largest absolute Gasteiger partial charge is 0.381 e. The summed E-state index contributed by atoms with van der Waals surface area (Å²) in [6, 6.07) is 0.111. The summed E-state index contributed by atoms with van der Waals surface area (Å²) in [5, 5.41) is 3.00. The average molecular weight is 285 g/mol. The summed E-state index contributed by atoms with van der Waals surface area (Å²) in [5.41, 5.74) is 5.66.